The molecule has 262 valence electrons. The van der Waals surface area contributed by atoms with Gasteiger partial charge < -0.3 is 30.0 Å². The van der Waals surface area contributed by atoms with Gasteiger partial charge >= 0.3 is 11.5 Å². The van der Waals surface area contributed by atoms with Crippen LogP contribution in [0, 0.1) is 29.0 Å². The average molecular weight is 701 g/mol. The molecule has 3 aliphatic carbocycles. The van der Waals surface area contributed by atoms with Crippen LogP contribution in [0.1, 0.15) is 55.3 Å². The largest absolute Gasteiger partial charge is 0.501 e. The molecule has 2 bridgehead atoms. The summed E-state index contributed by atoms with van der Waals surface area (Å²) in [6, 6.07) is 5.40. The van der Waals surface area contributed by atoms with E-state index in [1.165, 1.54) is 26.4 Å². The minimum Gasteiger partial charge on any atom is -0.496 e. The van der Waals surface area contributed by atoms with Crippen LogP contribution in [0.2, 0.25) is 0 Å². The first-order valence-electron chi connectivity index (χ1n) is 15.4. The lowest BCUT2D eigenvalue weighted by atomic mass is 9.73. The summed E-state index contributed by atoms with van der Waals surface area (Å²) in [6.07, 6.45) is 2.63. The fourth-order valence-corrected chi connectivity index (χ4v) is 8.12. The molecule has 3 saturated carbocycles. The fourth-order valence-electron chi connectivity index (χ4n) is 7.31. The molecule has 3 fully saturated rings. The number of aliphatic carboxylic acids is 1. The number of fused-ring (bicyclic) bond motifs is 2. The Bertz CT molecular complexity index is 1680. The minimum atomic E-state index is -5.64. The van der Waals surface area contributed by atoms with Crippen molar-refractivity contribution in [2.75, 3.05) is 26.1 Å². The van der Waals surface area contributed by atoms with Crippen molar-refractivity contribution in [3.8, 4) is 11.5 Å². The van der Waals surface area contributed by atoms with Gasteiger partial charge in [-0.1, -0.05) is 6.07 Å². The highest BCUT2D eigenvalue weighted by atomic mass is 32.2. The summed E-state index contributed by atoms with van der Waals surface area (Å²) in [5.41, 5.74) is -6.79. The number of carboxylic acids is 1. The normalized spacial score (nSPS) is 26.9. The van der Waals surface area contributed by atoms with E-state index >= 15 is 4.39 Å². The third-order valence-electron chi connectivity index (χ3n) is 9.79. The molecule has 2 aromatic carbocycles. The number of amides is 2. The number of alkyl halides is 3. The Hall–Kier alpha value is -3.92. The van der Waals surface area contributed by atoms with Crippen LogP contribution >= 0.6 is 0 Å². The van der Waals surface area contributed by atoms with E-state index in [0.29, 0.717) is 25.7 Å². The van der Waals surface area contributed by atoms with E-state index in [0.717, 1.165) is 30.7 Å². The Morgan fingerprint density at radius 3 is 2.31 bits per heavy atom. The van der Waals surface area contributed by atoms with Crippen LogP contribution < -0.4 is 20.1 Å². The number of halogens is 4. The zero-order chi connectivity index (χ0) is 35.0. The number of rotatable bonds is 11. The highest BCUT2D eigenvalue weighted by Crippen LogP contribution is 2.49. The van der Waals surface area contributed by atoms with Crippen LogP contribution in [0.4, 0.5) is 23.2 Å². The highest BCUT2D eigenvalue weighted by molar-refractivity contribution is 7.92. The Balaban J connectivity index is 1.31. The lowest BCUT2D eigenvalue weighted by molar-refractivity contribution is -0.156. The summed E-state index contributed by atoms with van der Waals surface area (Å²) in [5, 5.41) is 15.1. The van der Waals surface area contributed by atoms with E-state index < -0.39 is 67.3 Å². The maximum atomic E-state index is 15.1. The van der Waals surface area contributed by atoms with Gasteiger partial charge in [-0.25, -0.2) is 12.8 Å². The average Bonchev–Trinajstić information content (AvgIpc) is 3.64. The van der Waals surface area contributed by atoms with Gasteiger partial charge in [-0.3, -0.25) is 14.4 Å². The Morgan fingerprint density at radius 1 is 1.00 bits per heavy atom. The first kappa shape index (κ1) is 35.4. The van der Waals surface area contributed by atoms with E-state index in [2.05, 4.69) is 10.6 Å². The van der Waals surface area contributed by atoms with Gasteiger partial charge in [-0.05, 0) is 81.0 Å². The first-order valence-corrected chi connectivity index (χ1v) is 16.9. The molecule has 0 heterocycles. The zero-order valence-electron chi connectivity index (χ0n) is 26.1. The molecule has 2 amide bonds. The number of methoxy groups -OCH3 is 2. The number of carbonyl (C=O) groups is 3. The van der Waals surface area contributed by atoms with E-state index in [1.54, 1.807) is 0 Å². The summed E-state index contributed by atoms with van der Waals surface area (Å²) in [6.45, 7) is 0.0324. The maximum absolute atomic E-state index is 15.1. The van der Waals surface area contributed by atoms with Crippen molar-refractivity contribution in [2.45, 2.75) is 67.5 Å². The minimum absolute atomic E-state index is 0.0324. The summed E-state index contributed by atoms with van der Waals surface area (Å²) in [5.74, 6) is -4.34. The van der Waals surface area contributed by atoms with Gasteiger partial charge in [0.1, 0.15) is 5.75 Å². The predicted octanol–water partition coefficient (Wildman–Crippen LogP) is 4.95. The van der Waals surface area contributed by atoms with Gasteiger partial charge in [-0.15, -0.1) is 0 Å². The molecule has 3 aliphatic rings. The maximum Gasteiger partial charge on any atom is 0.501 e. The smallest absolute Gasteiger partial charge is 0.496 e. The molecule has 16 heteroatoms. The second-order valence-corrected chi connectivity index (χ2v) is 14.6. The quantitative estimate of drug-likeness (QED) is 0.276. The molecule has 0 radical (unpaired) electrons. The highest BCUT2D eigenvalue weighted by Gasteiger charge is 2.52. The number of hydrogen-bond acceptors (Lipinski definition) is 8. The molecule has 3 N–H and O–H groups in total. The lowest BCUT2D eigenvalue weighted by Gasteiger charge is -2.36. The molecule has 0 spiro atoms. The number of anilines is 1. The first-order chi connectivity index (χ1) is 22.6. The number of sulfone groups is 1. The Labute approximate surface area is 274 Å². The molecular weight excluding hydrogens is 664 g/mol. The van der Waals surface area contributed by atoms with Crippen molar-refractivity contribution in [1.29, 1.82) is 0 Å². The van der Waals surface area contributed by atoms with Gasteiger partial charge in [0.05, 0.1) is 41.6 Å². The fraction of sp³-hybridized carbons (Fsp3) is 0.531. The SMILES string of the molecule is COC[C@]1(C(=O)O)CC[C@@H](Oc2cc(C(=O)N[C@@H]3[C@H]4CC[C@H](C4)[C@@H]3C(=O)Nc3cccc(S(=O)(=O)C(F)(F)F)c3)c(OC)cc2F)CC1. The third-order valence-corrected chi connectivity index (χ3v) is 11.3. The Kier molecular flexibility index (Phi) is 9.98. The topological polar surface area (TPSA) is 157 Å². The van der Waals surface area contributed by atoms with Crippen LogP contribution in [0.5, 0.6) is 11.5 Å². The second kappa shape index (κ2) is 13.5. The molecule has 0 saturated heterocycles. The van der Waals surface area contributed by atoms with Crippen molar-refractivity contribution in [3.05, 3.63) is 47.8 Å². The number of hydrogen-bond donors (Lipinski definition) is 3. The van der Waals surface area contributed by atoms with Gasteiger partial charge in [0, 0.05) is 24.9 Å². The summed E-state index contributed by atoms with van der Waals surface area (Å²) >= 11 is 0. The van der Waals surface area contributed by atoms with Crippen molar-refractivity contribution in [1.82, 2.24) is 5.32 Å². The molecule has 2 aromatic rings. The molecule has 0 aliphatic heterocycles. The molecule has 5 rings (SSSR count). The van der Waals surface area contributed by atoms with Crippen molar-refractivity contribution < 1.29 is 59.7 Å². The van der Waals surface area contributed by atoms with Crippen LogP contribution in [0.15, 0.2) is 41.3 Å². The van der Waals surface area contributed by atoms with Gasteiger partial charge in [0.15, 0.2) is 11.6 Å². The monoisotopic (exact) mass is 700 g/mol. The van der Waals surface area contributed by atoms with Crippen molar-refractivity contribution in [2.24, 2.45) is 23.2 Å². The summed E-state index contributed by atoms with van der Waals surface area (Å²) in [7, 11) is -2.96. The van der Waals surface area contributed by atoms with Crippen LogP contribution in [0.3, 0.4) is 0 Å². The Morgan fingerprint density at radius 2 is 1.69 bits per heavy atom. The zero-order valence-corrected chi connectivity index (χ0v) is 27.0. The van der Waals surface area contributed by atoms with E-state index in [1.807, 2.05) is 0 Å². The van der Waals surface area contributed by atoms with Gasteiger partial charge in [0.25, 0.3) is 15.7 Å². The van der Waals surface area contributed by atoms with Crippen LogP contribution in [-0.2, 0) is 24.2 Å². The van der Waals surface area contributed by atoms with Crippen molar-refractivity contribution >= 4 is 33.3 Å². The predicted molar refractivity (Wildman–Crippen MR) is 162 cm³/mol. The molecule has 11 nitrogen and oxygen atoms in total. The molecule has 0 unspecified atom stereocenters. The van der Waals surface area contributed by atoms with E-state index in [9.17, 15) is 41.1 Å². The molecule has 48 heavy (non-hydrogen) atoms. The molecule has 0 aromatic heterocycles. The van der Waals surface area contributed by atoms with Gasteiger partial charge in [0.2, 0.25) is 5.91 Å². The summed E-state index contributed by atoms with van der Waals surface area (Å²) in [4.78, 5) is 38.0. The number of benzene rings is 2. The molecule has 4 atom stereocenters. The van der Waals surface area contributed by atoms with E-state index in [4.69, 9.17) is 14.2 Å². The number of nitrogens with one attached hydrogen (secondary N) is 2. The number of ether oxygens (including phenoxy) is 3. The van der Waals surface area contributed by atoms with Crippen molar-refractivity contribution in [3.63, 3.8) is 0 Å². The standard InChI is InChI=1S/C32H36F4N2O9S/c1-45-16-31(30(41)42)10-8-20(9-11-31)47-25-14-22(24(46-2)15-23(25)33)28(39)38-27-18-7-6-17(12-18)26(27)29(40)37-19-4-3-5-21(13-19)48(43,44)32(34,35)36/h3-5,13-15,17-18,20,26-27H,6-12,16H2,1-2H3,(H,37,40)(H,38,39)(H,41,42)/t17-,18+,20-,26+,27-,31+/m1/s1. The lowest BCUT2D eigenvalue weighted by Crippen LogP contribution is -2.48. The molecular formula is C32H36F4N2O9S. The summed E-state index contributed by atoms with van der Waals surface area (Å²) < 4.78 is 94.5. The van der Waals surface area contributed by atoms with Crippen LogP contribution in [-0.4, -0.2) is 69.8 Å². The van der Waals surface area contributed by atoms with E-state index in [-0.39, 0.29) is 54.0 Å². The van der Waals surface area contributed by atoms with Crippen LogP contribution in [0.25, 0.3) is 0 Å². The second-order valence-electron chi connectivity index (χ2n) is 12.6. The number of carboxylic acid groups (broad SMARTS) is 1. The third kappa shape index (κ3) is 6.81. The van der Waals surface area contributed by atoms with Gasteiger partial charge in [-0.2, -0.15) is 13.2 Å². The number of carbonyl (C=O) groups excluding carboxylic acids is 2.